The lowest BCUT2D eigenvalue weighted by Gasteiger charge is -2.35. The largest absolute Gasteiger partial charge is 0.488 e. The van der Waals surface area contributed by atoms with Crippen molar-refractivity contribution in [3.05, 3.63) is 29.8 Å². The molecule has 0 saturated heterocycles. The van der Waals surface area contributed by atoms with Crippen LogP contribution in [-0.4, -0.2) is 17.3 Å². The van der Waals surface area contributed by atoms with Gasteiger partial charge >= 0.3 is 0 Å². The van der Waals surface area contributed by atoms with Crippen molar-refractivity contribution in [3.63, 3.8) is 0 Å². The lowest BCUT2D eigenvalue weighted by molar-refractivity contribution is -0.0177. The normalized spacial score (nSPS) is 28.4. The fraction of sp³-hybridized carbons (Fsp3) is 0.625. The van der Waals surface area contributed by atoms with Gasteiger partial charge in [0.2, 0.25) is 0 Å². The van der Waals surface area contributed by atoms with E-state index in [-0.39, 0.29) is 12.2 Å². The van der Waals surface area contributed by atoms with Crippen LogP contribution in [0.1, 0.15) is 38.7 Å². The van der Waals surface area contributed by atoms with Crippen LogP contribution >= 0.6 is 0 Å². The van der Waals surface area contributed by atoms with Crippen molar-refractivity contribution in [2.24, 2.45) is 11.8 Å². The van der Waals surface area contributed by atoms with Gasteiger partial charge < -0.3 is 9.84 Å². The highest BCUT2D eigenvalue weighted by molar-refractivity contribution is 5.27. The molecule has 1 aromatic rings. The molecule has 1 fully saturated rings. The van der Waals surface area contributed by atoms with E-state index in [4.69, 9.17) is 4.74 Å². The first-order valence-corrected chi connectivity index (χ1v) is 6.97. The van der Waals surface area contributed by atoms with Crippen LogP contribution in [0, 0.1) is 18.8 Å². The summed E-state index contributed by atoms with van der Waals surface area (Å²) in [6, 6.07) is 8.06. The SMILES string of the molecule is Cc1cccc(OC2CC(C(C)C)CCC2O)c1. The summed E-state index contributed by atoms with van der Waals surface area (Å²) < 4.78 is 5.98. The smallest absolute Gasteiger partial charge is 0.125 e. The summed E-state index contributed by atoms with van der Waals surface area (Å²) in [6.45, 7) is 6.57. The maximum Gasteiger partial charge on any atom is 0.125 e. The van der Waals surface area contributed by atoms with Gasteiger partial charge in [-0.15, -0.1) is 0 Å². The van der Waals surface area contributed by atoms with Crippen LogP contribution in [0.4, 0.5) is 0 Å². The van der Waals surface area contributed by atoms with Crippen molar-refractivity contribution >= 4 is 0 Å². The summed E-state index contributed by atoms with van der Waals surface area (Å²) >= 11 is 0. The van der Waals surface area contributed by atoms with Crippen LogP contribution in [0.2, 0.25) is 0 Å². The number of aliphatic hydroxyl groups excluding tert-OH is 1. The summed E-state index contributed by atoms with van der Waals surface area (Å²) in [7, 11) is 0. The summed E-state index contributed by atoms with van der Waals surface area (Å²) in [5.41, 5.74) is 1.19. The molecule has 18 heavy (non-hydrogen) atoms. The zero-order valence-corrected chi connectivity index (χ0v) is 11.6. The third-order valence-corrected chi connectivity index (χ3v) is 4.02. The van der Waals surface area contributed by atoms with Gasteiger partial charge in [0.1, 0.15) is 11.9 Å². The molecule has 2 nitrogen and oxygen atoms in total. The number of benzene rings is 1. The maximum absolute atomic E-state index is 10.1. The van der Waals surface area contributed by atoms with Crippen molar-refractivity contribution in [3.8, 4) is 5.75 Å². The van der Waals surface area contributed by atoms with Crippen LogP contribution in [0.5, 0.6) is 5.75 Å². The molecule has 0 amide bonds. The molecular formula is C16H24O2. The van der Waals surface area contributed by atoms with E-state index >= 15 is 0 Å². The number of rotatable bonds is 3. The maximum atomic E-state index is 10.1. The molecule has 0 spiro atoms. The number of ether oxygens (including phenoxy) is 1. The molecule has 2 heteroatoms. The van der Waals surface area contributed by atoms with E-state index in [1.165, 1.54) is 5.56 Å². The van der Waals surface area contributed by atoms with E-state index in [1.807, 2.05) is 18.2 Å². The number of hydrogen-bond acceptors (Lipinski definition) is 2. The molecule has 3 atom stereocenters. The van der Waals surface area contributed by atoms with E-state index in [2.05, 4.69) is 26.8 Å². The second kappa shape index (κ2) is 5.75. The molecule has 0 bridgehead atoms. The molecule has 1 saturated carbocycles. The molecule has 0 aromatic heterocycles. The second-order valence-electron chi connectivity index (χ2n) is 5.86. The van der Waals surface area contributed by atoms with Gasteiger partial charge in [0.15, 0.2) is 0 Å². The quantitative estimate of drug-likeness (QED) is 0.886. The van der Waals surface area contributed by atoms with Crippen LogP contribution in [0.3, 0.4) is 0 Å². The predicted octanol–water partition coefficient (Wildman–Crippen LogP) is 3.56. The Hall–Kier alpha value is -1.02. The summed E-state index contributed by atoms with van der Waals surface area (Å²) in [6.07, 6.45) is 2.58. The first-order chi connectivity index (χ1) is 8.56. The highest BCUT2D eigenvalue weighted by atomic mass is 16.5. The fourth-order valence-corrected chi connectivity index (χ4v) is 2.74. The fourth-order valence-electron chi connectivity index (χ4n) is 2.74. The van der Waals surface area contributed by atoms with E-state index in [0.717, 1.165) is 25.0 Å². The number of aryl methyl sites for hydroxylation is 1. The lowest BCUT2D eigenvalue weighted by Crippen LogP contribution is -2.39. The Labute approximate surface area is 110 Å². The minimum Gasteiger partial charge on any atom is -0.488 e. The van der Waals surface area contributed by atoms with Gasteiger partial charge in [0, 0.05) is 0 Å². The van der Waals surface area contributed by atoms with Gasteiger partial charge in [-0.05, 0) is 55.7 Å². The Morgan fingerprint density at radius 3 is 2.72 bits per heavy atom. The molecule has 0 radical (unpaired) electrons. The molecule has 2 rings (SSSR count). The van der Waals surface area contributed by atoms with Gasteiger partial charge in [0.05, 0.1) is 6.10 Å². The van der Waals surface area contributed by atoms with Gasteiger partial charge in [-0.3, -0.25) is 0 Å². The molecule has 1 aliphatic carbocycles. The Balaban J connectivity index is 2.02. The minimum atomic E-state index is -0.319. The average molecular weight is 248 g/mol. The van der Waals surface area contributed by atoms with Gasteiger partial charge in [-0.2, -0.15) is 0 Å². The molecule has 0 heterocycles. The van der Waals surface area contributed by atoms with Crippen LogP contribution in [0.15, 0.2) is 24.3 Å². The Morgan fingerprint density at radius 1 is 1.28 bits per heavy atom. The van der Waals surface area contributed by atoms with Crippen molar-refractivity contribution in [1.29, 1.82) is 0 Å². The van der Waals surface area contributed by atoms with Crippen LogP contribution in [0.25, 0.3) is 0 Å². The topological polar surface area (TPSA) is 29.5 Å². The molecule has 0 aliphatic heterocycles. The van der Waals surface area contributed by atoms with Crippen LogP contribution < -0.4 is 4.74 Å². The molecule has 1 N–H and O–H groups in total. The van der Waals surface area contributed by atoms with Gasteiger partial charge in [-0.25, -0.2) is 0 Å². The predicted molar refractivity (Wildman–Crippen MR) is 73.8 cm³/mol. The average Bonchev–Trinajstić information content (AvgIpc) is 2.31. The van der Waals surface area contributed by atoms with E-state index in [0.29, 0.717) is 11.8 Å². The molecular weight excluding hydrogens is 224 g/mol. The first-order valence-electron chi connectivity index (χ1n) is 6.97. The summed E-state index contributed by atoms with van der Waals surface area (Å²) in [5, 5.41) is 10.1. The lowest BCUT2D eigenvalue weighted by atomic mass is 9.79. The standard InChI is InChI=1S/C16H24O2/c1-11(2)13-7-8-15(17)16(10-13)18-14-6-4-5-12(3)9-14/h4-6,9,11,13,15-17H,7-8,10H2,1-3H3. The third kappa shape index (κ3) is 3.26. The van der Waals surface area contributed by atoms with Crippen LogP contribution in [-0.2, 0) is 0 Å². The molecule has 100 valence electrons. The Bertz CT molecular complexity index is 386. The van der Waals surface area contributed by atoms with Crippen molar-refractivity contribution in [1.82, 2.24) is 0 Å². The molecule has 1 aliphatic rings. The zero-order valence-electron chi connectivity index (χ0n) is 11.6. The first kappa shape index (κ1) is 13.4. The molecule has 3 unspecified atom stereocenters. The van der Waals surface area contributed by atoms with Gasteiger partial charge in [0.25, 0.3) is 0 Å². The highest BCUT2D eigenvalue weighted by Gasteiger charge is 2.32. The highest BCUT2D eigenvalue weighted by Crippen LogP contribution is 2.32. The monoisotopic (exact) mass is 248 g/mol. The van der Waals surface area contributed by atoms with Crippen molar-refractivity contribution < 1.29 is 9.84 Å². The van der Waals surface area contributed by atoms with E-state index in [9.17, 15) is 5.11 Å². The zero-order chi connectivity index (χ0) is 13.1. The third-order valence-electron chi connectivity index (χ3n) is 4.02. The second-order valence-corrected chi connectivity index (χ2v) is 5.86. The van der Waals surface area contributed by atoms with E-state index in [1.54, 1.807) is 0 Å². The minimum absolute atomic E-state index is 0.0482. The Morgan fingerprint density at radius 2 is 2.06 bits per heavy atom. The van der Waals surface area contributed by atoms with Gasteiger partial charge in [-0.1, -0.05) is 26.0 Å². The van der Waals surface area contributed by atoms with Crippen molar-refractivity contribution in [2.75, 3.05) is 0 Å². The summed E-state index contributed by atoms with van der Waals surface area (Å²) in [4.78, 5) is 0. The van der Waals surface area contributed by atoms with E-state index < -0.39 is 0 Å². The van der Waals surface area contributed by atoms with Crippen molar-refractivity contribution in [2.45, 2.75) is 52.2 Å². The molecule has 1 aromatic carbocycles. The summed E-state index contributed by atoms with van der Waals surface area (Å²) in [5.74, 6) is 2.22. The number of hydrogen-bond donors (Lipinski definition) is 1. The number of aliphatic hydroxyl groups is 1. The Kier molecular flexibility index (Phi) is 4.28.